The van der Waals surface area contributed by atoms with E-state index in [4.69, 9.17) is 21.9 Å². The standard InChI is InChI=1S/C22H17N3O2S2/c1-27-22(26)16-7-2-3-8-17(16)24-20(28)12-14-5-4-6-15(11-14)21-25-18-9-10-23-13-19(18)29-21/h2-11,13H,12H2,1H3,(H,24,28). The highest BCUT2D eigenvalue weighted by atomic mass is 32.1. The minimum absolute atomic E-state index is 0.400. The Balaban J connectivity index is 1.52. The quantitative estimate of drug-likeness (QED) is 0.357. The van der Waals surface area contributed by atoms with Crippen molar-refractivity contribution in [2.75, 3.05) is 12.4 Å². The molecule has 2 aromatic carbocycles. The van der Waals surface area contributed by atoms with Gasteiger partial charge in [0.05, 0.1) is 33.6 Å². The van der Waals surface area contributed by atoms with E-state index in [0.29, 0.717) is 22.7 Å². The molecule has 0 amide bonds. The molecule has 1 N–H and O–H groups in total. The molecule has 0 atom stereocenters. The van der Waals surface area contributed by atoms with Crippen molar-refractivity contribution in [3.63, 3.8) is 0 Å². The molecule has 2 aromatic heterocycles. The highest BCUT2D eigenvalue weighted by molar-refractivity contribution is 7.80. The minimum atomic E-state index is -0.400. The number of benzene rings is 2. The van der Waals surface area contributed by atoms with Crippen molar-refractivity contribution >= 4 is 50.4 Å². The summed E-state index contributed by atoms with van der Waals surface area (Å²) in [6.45, 7) is 0. The molecule has 2 heterocycles. The molecule has 0 bridgehead atoms. The number of nitrogens with zero attached hydrogens (tertiary/aromatic N) is 2. The number of carbonyl (C=O) groups excluding carboxylic acids is 1. The molecule has 0 saturated carbocycles. The van der Waals surface area contributed by atoms with Gasteiger partial charge in [-0.05, 0) is 29.8 Å². The third-order valence-corrected chi connectivity index (χ3v) is 5.64. The monoisotopic (exact) mass is 419 g/mol. The lowest BCUT2D eigenvalue weighted by atomic mass is 10.1. The van der Waals surface area contributed by atoms with Crippen molar-refractivity contribution in [3.05, 3.63) is 78.1 Å². The molecule has 5 nitrogen and oxygen atoms in total. The van der Waals surface area contributed by atoms with Crippen LogP contribution in [-0.4, -0.2) is 28.0 Å². The lowest BCUT2D eigenvalue weighted by Crippen LogP contribution is -2.15. The van der Waals surface area contributed by atoms with E-state index in [1.54, 1.807) is 29.7 Å². The number of fused-ring (bicyclic) bond motifs is 1. The number of nitrogens with one attached hydrogen (secondary N) is 1. The number of methoxy groups -OCH3 is 1. The molecule has 0 unspecified atom stereocenters. The molecule has 0 fully saturated rings. The summed E-state index contributed by atoms with van der Waals surface area (Å²) in [5, 5.41) is 4.11. The van der Waals surface area contributed by atoms with E-state index in [2.05, 4.69) is 16.4 Å². The zero-order chi connectivity index (χ0) is 20.2. The van der Waals surface area contributed by atoms with Crippen LogP contribution in [0, 0.1) is 0 Å². The number of pyridine rings is 1. The number of para-hydroxylation sites is 1. The Bertz CT molecular complexity index is 1170. The van der Waals surface area contributed by atoms with Gasteiger partial charge in [0.1, 0.15) is 5.01 Å². The third kappa shape index (κ3) is 4.31. The first-order chi connectivity index (χ1) is 14.1. The van der Waals surface area contributed by atoms with Gasteiger partial charge in [0, 0.05) is 24.4 Å². The van der Waals surface area contributed by atoms with Crippen molar-refractivity contribution in [1.82, 2.24) is 9.97 Å². The van der Waals surface area contributed by atoms with Gasteiger partial charge in [-0.1, -0.05) is 42.5 Å². The van der Waals surface area contributed by atoms with E-state index in [1.165, 1.54) is 7.11 Å². The van der Waals surface area contributed by atoms with E-state index < -0.39 is 5.97 Å². The lowest BCUT2D eigenvalue weighted by Gasteiger charge is -2.12. The fourth-order valence-corrected chi connectivity index (χ4v) is 4.18. The number of rotatable bonds is 5. The first-order valence-electron chi connectivity index (χ1n) is 8.91. The number of carbonyl (C=O) groups is 1. The van der Waals surface area contributed by atoms with Crippen molar-refractivity contribution in [2.24, 2.45) is 0 Å². The molecule has 0 aliphatic heterocycles. The van der Waals surface area contributed by atoms with Crippen LogP contribution in [0.25, 0.3) is 20.8 Å². The van der Waals surface area contributed by atoms with Crippen LogP contribution >= 0.6 is 23.6 Å². The van der Waals surface area contributed by atoms with Crippen LogP contribution in [0.1, 0.15) is 15.9 Å². The highest BCUT2D eigenvalue weighted by Gasteiger charge is 2.13. The van der Waals surface area contributed by atoms with Gasteiger partial charge in [-0.2, -0.15) is 0 Å². The van der Waals surface area contributed by atoms with Gasteiger partial charge in [0.2, 0.25) is 0 Å². The van der Waals surface area contributed by atoms with Gasteiger partial charge in [-0.3, -0.25) is 4.98 Å². The second kappa shape index (κ2) is 8.46. The first-order valence-corrected chi connectivity index (χ1v) is 10.1. The number of thiocarbonyl (C=S) groups is 1. The average molecular weight is 420 g/mol. The van der Waals surface area contributed by atoms with E-state index in [1.807, 2.05) is 42.6 Å². The van der Waals surface area contributed by atoms with Crippen molar-refractivity contribution < 1.29 is 9.53 Å². The van der Waals surface area contributed by atoms with Crippen LogP contribution in [0.3, 0.4) is 0 Å². The van der Waals surface area contributed by atoms with E-state index in [9.17, 15) is 4.79 Å². The normalized spacial score (nSPS) is 10.7. The number of esters is 1. The van der Waals surface area contributed by atoms with Crippen LogP contribution in [0.15, 0.2) is 67.0 Å². The van der Waals surface area contributed by atoms with Gasteiger partial charge < -0.3 is 10.1 Å². The van der Waals surface area contributed by atoms with E-state index in [0.717, 1.165) is 26.4 Å². The predicted molar refractivity (Wildman–Crippen MR) is 121 cm³/mol. The maximum Gasteiger partial charge on any atom is 0.339 e. The summed E-state index contributed by atoms with van der Waals surface area (Å²) in [6.07, 6.45) is 4.13. The maximum atomic E-state index is 11.9. The summed E-state index contributed by atoms with van der Waals surface area (Å²) in [7, 11) is 1.36. The molecule has 0 radical (unpaired) electrons. The molecule has 0 aliphatic rings. The fourth-order valence-electron chi connectivity index (χ4n) is 2.98. The topological polar surface area (TPSA) is 64.1 Å². The molecule has 4 rings (SSSR count). The molecule has 0 saturated heterocycles. The molecular formula is C22H17N3O2S2. The van der Waals surface area contributed by atoms with Gasteiger partial charge >= 0.3 is 5.97 Å². The number of ether oxygens (including phenoxy) is 1. The maximum absolute atomic E-state index is 11.9. The highest BCUT2D eigenvalue weighted by Crippen LogP contribution is 2.30. The summed E-state index contributed by atoms with van der Waals surface area (Å²) < 4.78 is 5.89. The smallest absolute Gasteiger partial charge is 0.339 e. The van der Waals surface area contributed by atoms with Crippen LogP contribution in [0.5, 0.6) is 0 Å². The minimum Gasteiger partial charge on any atom is -0.465 e. The van der Waals surface area contributed by atoms with E-state index >= 15 is 0 Å². The van der Waals surface area contributed by atoms with Crippen molar-refractivity contribution in [2.45, 2.75) is 6.42 Å². The molecular weight excluding hydrogens is 402 g/mol. The van der Waals surface area contributed by atoms with E-state index in [-0.39, 0.29) is 0 Å². The number of thiazole rings is 1. The zero-order valence-electron chi connectivity index (χ0n) is 15.6. The molecule has 0 aliphatic carbocycles. The number of hydrogen-bond donors (Lipinski definition) is 1. The average Bonchev–Trinajstić information content (AvgIpc) is 3.18. The summed E-state index contributed by atoms with van der Waals surface area (Å²) in [6, 6.07) is 17.2. The summed E-state index contributed by atoms with van der Waals surface area (Å²) in [4.78, 5) is 21.4. The molecule has 29 heavy (non-hydrogen) atoms. The third-order valence-electron chi connectivity index (χ3n) is 4.34. The predicted octanol–water partition coefficient (Wildman–Crippen LogP) is 5.13. The second-order valence-corrected chi connectivity index (χ2v) is 7.85. The Kier molecular flexibility index (Phi) is 5.59. The van der Waals surface area contributed by atoms with Gasteiger partial charge in [-0.15, -0.1) is 11.3 Å². The molecule has 4 aromatic rings. The van der Waals surface area contributed by atoms with Crippen LogP contribution in [-0.2, 0) is 11.2 Å². The zero-order valence-corrected chi connectivity index (χ0v) is 17.2. The fraction of sp³-hybridized carbons (Fsp3) is 0.0909. The largest absolute Gasteiger partial charge is 0.465 e. The SMILES string of the molecule is COC(=O)c1ccccc1NC(=S)Cc1cccc(-c2nc3ccncc3s2)c1. The molecule has 144 valence electrons. The van der Waals surface area contributed by atoms with Crippen LogP contribution in [0.4, 0.5) is 5.69 Å². The Morgan fingerprint density at radius 1 is 1.17 bits per heavy atom. The summed E-state index contributed by atoms with van der Waals surface area (Å²) >= 11 is 7.14. The second-order valence-electron chi connectivity index (χ2n) is 6.32. The summed E-state index contributed by atoms with van der Waals surface area (Å²) in [5.41, 5.74) is 4.14. The number of hydrogen-bond acceptors (Lipinski definition) is 6. The van der Waals surface area contributed by atoms with Crippen LogP contribution < -0.4 is 5.32 Å². The van der Waals surface area contributed by atoms with Crippen LogP contribution in [0.2, 0.25) is 0 Å². The Labute approximate surface area is 177 Å². The first kappa shape index (κ1) is 19.2. The van der Waals surface area contributed by atoms with Crippen molar-refractivity contribution in [3.8, 4) is 10.6 Å². The van der Waals surface area contributed by atoms with Gasteiger partial charge in [0.15, 0.2) is 0 Å². The number of aromatic nitrogens is 2. The Morgan fingerprint density at radius 2 is 2.03 bits per heavy atom. The summed E-state index contributed by atoms with van der Waals surface area (Å²) in [5.74, 6) is -0.400. The van der Waals surface area contributed by atoms with Crippen molar-refractivity contribution in [1.29, 1.82) is 0 Å². The Morgan fingerprint density at radius 3 is 2.86 bits per heavy atom. The van der Waals surface area contributed by atoms with Gasteiger partial charge in [0.25, 0.3) is 0 Å². The number of anilines is 1. The Hall–Kier alpha value is -3.16. The molecule has 0 spiro atoms. The molecule has 7 heteroatoms. The lowest BCUT2D eigenvalue weighted by molar-refractivity contribution is 0.0602. The van der Waals surface area contributed by atoms with Gasteiger partial charge in [-0.25, -0.2) is 9.78 Å².